The molecule has 0 fully saturated rings. The molecule has 0 spiro atoms. The fourth-order valence-corrected chi connectivity index (χ4v) is 2.14. The summed E-state index contributed by atoms with van der Waals surface area (Å²) in [6.07, 6.45) is 0. The first-order valence-corrected chi connectivity index (χ1v) is 8.31. The molecule has 0 radical (unpaired) electrons. The van der Waals surface area contributed by atoms with E-state index in [-0.39, 0.29) is 11.9 Å². The molecule has 0 bridgehead atoms. The van der Waals surface area contributed by atoms with Crippen molar-refractivity contribution in [2.75, 3.05) is 13.2 Å². The smallest absolute Gasteiger partial charge is 0.251 e. The Morgan fingerprint density at radius 2 is 1.84 bits per heavy atom. The van der Waals surface area contributed by atoms with Crippen molar-refractivity contribution in [2.45, 2.75) is 26.8 Å². The van der Waals surface area contributed by atoms with Gasteiger partial charge in [0, 0.05) is 5.56 Å². The van der Waals surface area contributed by atoms with Gasteiger partial charge in [0.05, 0.1) is 6.04 Å². The Morgan fingerprint density at radius 3 is 2.52 bits per heavy atom. The molecule has 25 heavy (non-hydrogen) atoms. The number of hydrogen-bond acceptors (Lipinski definition) is 3. The Balaban J connectivity index is 1.86. The van der Waals surface area contributed by atoms with Gasteiger partial charge in [-0.25, -0.2) is 0 Å². The predicted molar refractivity (Wildman–Crippen MR) is 100 cm³/mol. The molecule has 1 unspecified atom stereocenters. The number of carbonyl (C=O) groups is 1. The van der Waals surface area contributed by atoms with Crippen LogP contribution in [0.1, 0.15) is 29.8 Å². The maximum atomic E-state index is 12.4. The first-order chi connectivity index (χ1) is 11.9. The Bertz CT molecular complexity index is 722. The van der Waals surface area contributed by atoms with Crippen LogP contribution in [0.25, 0.3) is 0 Å². The zero-order valence-corrected chi connectivity index (χ0v) is 15.0. The zero-order chi connectivity index (χ0) is 18.2. The van der Waals surface area contributed by atoms with Crippen LogP contribution in [0.3, 0.4) is 0 Å². The number of aryl methyl sites for hydroxylation is 1. The van der Waals surface area contributed by atoms with E-state index in [1.165, 1.54) is 5.56 Å². The van der Waals surface area contributed by atoms with Crippen LogP contribution in [0.4, 0.5) is 0 Å². The SMILES string of the molecule is C=C(C)COc1cccc(C(=O)NC(C)COc2ccc(C)cc2)c1. The van der Waals surface area contributed by atoms with Crippen LogP contribution in [0, 0.1) is 6.92 Å². The minimum Gasteiger partial charge on any atom is -0.491 e. The van der Waals surface area contributed by atoms with Gasteiger partial charge < -0.3 is 14.8 Å². The lowest BCUT2D eigenvalue weighted by Crippen LogP contribution is -2.36. The van der Waals surface area contributed by atoms with E-state index in [4.69, 9.17) is 9.47 Å². The number of benzene rings is 2. The molecule has 1 atom stereocenters. The Hall–Kier alpha value is -2.75. The number of rotatable bonds is 8. The van der Waals surface area contributed by atoms with Crippen LogP contribution in [0.2, 0.25) is 0 Å². The van der Waals surface area contributed by atoms with Gasteiger partial charge in [-0.2, -0.15) is 0 Å². The molecule has 1 N–H and O–H groups in total. The Labute approximate surface area is 149 Å². The van der Waals surface area contributed by atoms with Crippen molar-refractivity contribution in [3.63, 3.8) is 0 Å². The zero-order valence-electron chi connectivity index (χ0n) is 15.0. The molecule has 2 rings (SSSR count). The van der Waals surface area contributed by atoms with Gasteiger partial charge in [-0.3, -0.25) is 4.79 Å². The van der Waals surface area contributed by atoms with Crippen LogP contribution in [0.5, 0.6) is 11.5 Å². The van der Waals surface area contributed by atoms with Gasteiger partial charge in [-0.05, 0) is 56.7 Å². The Kier molecular flexibility index (Phi) is 6.63. The number of hydrogen-bond donors (Lipinski definition) is 1. The number of amides is 1. The lowest BCUT2D eigenvalue weighted by molar-refractivity contribution is 0.0926. The second-order valence-electron chi connectivity index (χ2n) is 6.27. The molecule has 0 aromatic heterocycles. The van der Waals surface area contributed by atoms with E-state index in [9.17, 15) is 4.79 Å². The average Bonchev–Trinajstić information content (AvgIpc) is 2.59. The third-order valence-corrected chi connectivity index (χ3v) is 3.48. The summed E-state index contributed by atoms with van der Waals surface area (Å²) in [4.78, 5) is 12.4. The predicted octanol–water partition coefficient (Wildman–Crippen LogP) is 4.15. The summed E-state index contributed by atoms with van der Waals surface area (Å²) in [5.41, 5.74) is 2.67. The highest BCUT2D eigenvalue weighted by Gasteiger charge is 2.11. The summed E-state index contributed by atoms with van der Waals surface area (Å²) in [6.45, 7) is 10.5. The minimum atomic E-state index is -0.152. The van der Waals surface area contributed by atoms with E-state index in [2.05, 4.69) is 11.9 Å². The van der Waals surface area contributed by atoms with Gasteiger partial charge in [0.2, 0.25) is 0 Å². The van der Waals surface area contributed by atoms with Gasteiger partial charge in [-0.1, -0.05) is 30.3 Å². The summed E-state index contributed by atoms with van der Waals surface area (Å²) in [5.74, 6) is 1.29. The average molecular weight is 339 g/mol. The summed E-state index contributed by atoms with van der Waals surface area (Å²) < 4.78 is 11.3. The molecular weight excluding hydrogens is 314 g/mol. The standard InChI is InChI=1S/C21H25NO3/c1-15(2)13-24-20-7-5-6-18(12-20)21(23)22-17(4)14-25-19-10-8-16(3)9-11-19/h5-12,17H,1,13-14H2,2-4H3,(H,22,23). The maximum Gasteiger partial charge on any atom is 0.251 e. The van der Waals surface area contributed by atoms with E-state index in [0.29, 0.717) is 24.5 Å². The van der Waals surface area contributed by atoms with E-state index in [0.717, 1.165) is 11.3 Å². The van der Waals surface area contributed by atoms with Crippen molar-refractivity contribution in [1.82, 2.24) is 5.32 Å². The van der Waals surface area contributed by atoms with E-state index in [1.54, 1.807) is 18.2 Å². The van der Waals surface area contributed by atoms with E-state index >= 15 is 0 Å². The summed E-state index contributed by atoms with van der Waals surface area (Å²) in [7, 11) is 0. The second-order valence-corrected chi connectivity index (χ2v) is 6.27. The third kappa shape index (κ3) is 6.34. The fraction of sp³-hybridized carbons (Fsp3) is 0.286. The molecule has 0 aliphatic carbocycles. The normalized spacial score (nSPS) is 11.5. The molecule has 2 aromatic rings. The molecule has 4 heteroatoms. The minimum absolute atomic E-state index is 0.117. The third-order valence-electron chi connectivity index (χ3n) is 3.48. The summed E-state index contributed by atoms with van der Waals surface area (Å²) >= 11 is 0. The van der Waals surface area contributed by atoms with Gasteiger partial charge in [0.1, 0.15) is 24.7 Å². The van der Waals surface area contributed by atoms with Crippen molar-refractivity contribution < 1.29 is 14.3 Å². The summed E-state index contributed by atoms with van der Waals surface area (Å²) in [5, 5.41) is 2.93. The monoisotopic (exact) mass is 339 g/mol. The second kappa shape index (κ2) is 8.92. The molecule has 0 saturated carbocycles. The lowest BCUT2D eigenvalue weighted by atomic mass is 10.2. The highest BCUT2D eigenvalue weighted by Crippen LogP contribution is 2.15. The molecular formula is C21H25NO3. The Morgan fingerprint density at radius 1 is 1.12 bits per heavy atom. The van der Waals surface area contributed by atoms with Crippen LogP contribution in [-0.4, -0.2) is 25.2 Å². The molecule has 0 heterocycles. The van der Waals surface area contributed by atoms with Gasteiger partial charge in [-0.15, -0.1) is 0 Å². The molecule has 2 aromatic carbocycles. The van der Waals surface area contributed by atoms with E-state index in [1.807, 2.05) is 51.1 Å². The number of carbonyl (C=O) groups excluding carboxylic acids is 1. The van der Waals surface area contributed by atoms with Crippen LogP contribution < -0.4 is 14.8 Å². The largest absolute Gasteiger partial charge is 0.491 e. The number of ether oxygens (including phenoxy) is 2. The van der Waals surface area contributed by atoms with Gasteiger partial charge in [0.15, 0.2) is 0 Å². The topological polar surface area (TPSA) is 47.6 Å². The highest BCUT2D eigenvalue weighted by atomic mass is 16.5. The van der Waals surface area contributed by atoms with Crippen molar-refractivity contribution in [2.24, 2.45) is 0 Å². The lowest BCUT2D eigenvalue weighted by Gasteiger charge is -2.15. The van der Waals surface area contributed by atoms with Crippen molar-refractivity contribution in [3.05, 3.63) is 71.8 Å². The van der Waals surface area contributed by atoms with Crippen molar-refractivity contribution >= 4 is 5.91 Å². The maximum absolute atomic E-state index is 12.4. The van der Waals surface area contributed by atoms with Crippen LogP contribution >= 0.6 is 0 Å². The molecule has 4 nitrogen and oxygen atoms in total. The first-order valence-electron chi connectivity index (χ1n) is 8.31. The fourth-order valence-electron chi connectivity index (χ4n) is 2.14. The number of nitrogens with one attached hydrogen (secondary N) is 1. The van der Waals surface area contributed by atoms with Crippen molar-refractivity contribution in [3.8, 4) is 11.5 Å². The van der Waals surface area contributed by atoms with Crippen molar-refractivity contribution in [1.29, 1.82) is 0 Å². The molecule has 0 saturated heterocycles. The van der Waals surface area contributed by atoms with Gasteiger partial charge >= 0.3 is 0 Å². The van der Waals surface area contributed by atoms with Crippen LogP contribution in [-0.2, 0) is 0 Å². The molecule has 0 aliphatic rings. The molecule has 1 amide bonds. The van der Waals surface area contributed by atoms with E-state index < -0.39 is 0 Å². The summed E-state index contributed by atoms with van der Waals surface area (Å²) in [6, 6.07) is 14.8. The highest BCUT2D eigenvalue weighted by molar-refractivity contribution is 5.94. The molecule has 132 valence electrons. The first kappa shape index (κ1) is 18.6. The molecule has 0 aliphatic heterocycles. The van der Waals surface area contributed by atoms with Crippen LogP contribution in [0.15, 0.2) is 60.7 Å². The quantitative estimate of drug-likeness (QED) is 0.735. The van der Waals surface area contributed by atoms with Gasteiger partial charge in [0.25, 0.3) is 5.91 Å².